The van der Waals surface area contributed by atoms with Gasteiger partial charge in [0.1, 0.15) is 0 Å². The number of pyridine rings is 1. The molecule has 3 heteroatoms. The van der Waals surface area contributed by atoms with E-state index in [4.69, 9.17) is 23.2 Å². The monoisotopic (exact) mass is 272 g/mol. The summed E-state index contributed by atoms with van der Waals surface area (Å²) in [6.45, 7) is 0. The molecule has 3 aromatic rings. The Labute approximate surface area is 115 Å². The minimum atomic E-state index is 0.433. The Balaban J connectivity index is 2.22. The lowest BCUT2D eigenvalue weighted by molar-refractivity contribution is 1.41. The van der Waals surface area contributed by atoms with E-state index in [0.717, 1.165) is 22.0 Å². The summed E-state index contributed by atoms with van der Waals surface area (Å²) in [5.74, 6) is 0. The molecule has 0 aliphatic rings. The van der Waals surface area contributed by atoms with Crippen LogP contribution in [0.25, 0.3) is 22.0 Å². The van der Waals surface area contributed by atoms with Gasteiger partial charge in [-0.15, -0.1) is 0 Å². The van der Waals surface area contributed by atoms with Crippen LogP contribution in [0.4, 0.5) is 0 Å². The summed E-state index contributed by atoms with van der Waals surface area (Å²) in [7, 11) is 0. The second-order valence-electron chi connectivity index (χ2n) is 3.94. The lowest BCUT2D eigenvalue weighted by Gasteiger charge is -2.06. The zero-order valence-electron chi connectivity index (χ0n) is 9.32. The predicted molar refractivity (Wildman–Crippen MR) is 76.0 cm³/mol. The Morgan fingerprint density at radius 1 is 1.06 bits per heavy atom. The van der Waals surface area contributed by atoms with Gasteiger partial charge in [0.2, 0.25) is 0 Å². The van der Waals surface area contributed by atoms with Crippen LogP contribution in [-0.4, -0.2) is 4.98 Å². The van der Waals surface area contributed by atoms with Crippen LogP contribution < -0.4 is 0 Å². The molecular weight excluding hydrogens is 265 g/mol. The summed E-state index contributed by atoms with van der Waals surface area (Å²) in [4.78, 5) is 4.42. The van der Waals surface area contributed by atoms with Crippen molar-refractivity contribution in [3.63, 3.8) is 0 Å². The van der Waals surface area contributed by atoms with Gasteiger partial charge in [0, 0.05) is 28.8 Å². The summed E-state index contributed by atoms with van der Waals surface area (Å²) in [5, 5.41) is 2.02. The molecule has 0 aliphatic heterocycles. The average molecular weight is 273 g/mol. The lowest BCUT2D eigenvalue weighted by Crippen LogP contribution is -1.84. The molecule has 1 heterocycles. The molecule has 0 N–H and O–H groups in total. The number of fused-ring (bicyclic) bond motifs is 1. The molecule has 0 fully saturated rings. The fourth-order valence-corrected chi connectivity index (χ4v) is 2.29. The maximum atomic E-state index is 6.19. The van der Waals surface area contributed by atoms with Gasteiger partial charge in [0.25, 0.3) is 0 Å². The molecule has 0 bridgehead atoms. The van der Waals surface area contributed by atoms with E-state index in [1.807, 2.05) is 30.3 Å². The van der Waals surface area contributed by atoms with Crippen molar-refractivity contribution >= 4 is 34.1 Å². The SMILES string of the molecule is Clc1[c]ccc(-c2cnc3ccccc3c2)c1Cl. The number of rotatable bonds is 1. The van der Waals surface area contributed by atoms with Crippen LogP contribution in [0.15, 0.2) is 48.7 Å². The molecule has 3 rings (SSSR count). The van der Waals surface area contributed by atoms with Gasteiger partial charge in [-0.3, -0.25) is 4.98 Å². The average Bonchev–Trinajstić information content (AvgIpc) is 2.41. The summed E-state index contributed by atoms with van der Waals surface area (Å²) in [6, 6.07) is 16.5. The van der Waals surface area contributed by atoms with Crippen LogP contribution in [-0.2, 0) is 0 Å². The third-order valence-electron chi connectivity index (χ3n) is 2.79. The molecule has 1 nitrogen and oxygen atoms in total. The lowest BCUT2D eigenvalue weighted by atomic mass is 10.1. The zero-order valence-corrected chi connectivity index (χ0v) is 10.8. The van der Waals surface area contributed by atoms with Crippen molar-refractivity contribution in [1.82, 2.24) is 4.98 Å². The maximum absolute atomic E-state index is 6.19. The fraction of sp³-hybridized carbons (Fsp3) is 0. The first-order valence-corrected chi connectivity index (χ1v) is 6.22. The minimum Gasteiger partial charge on any atom is -0.256 e. The second kappa shape index (κ2) is 4.60. The first kappa shape index (κ1) is 11.5. The van der Waals surface area contributed by atoms with Crippen molar-refractivity contribution in [2.75, 3.05) is 0 Å². The smallest absolute Gasteiger partial charge is 0.0702 e. The second-order valence-corrected chi connectivity index (χ2v) is 4.69. The van der Waals surface area contributed by atoms with Gasteiger partial charge in [-0.25, -0.2) is 0 Å². The molecule has 0 saturated carbocycles. The number of nitrogens with zero attached hydrogens (tertiary/aromatic N) is 1. The van der Waals surface area contributed by atoms with Gasteiger partial charge < -0.3 is 0 Å². The van der Waals surface area contributed by atoms with Crippen LogP contribution in [0.1, 0.15) is 0 Å². The van der Waals surface area contributed by atoms with Gasteiger partial charge in [-0.05, 0) is 12.1 Å². The number of para-hydroxylation sites is 1. The first-order chi connectivity index (χ1) is 8.75. The highest BCUT2D eigenvalue weighted by atomic mass is 35.5. The molecule has 87 valence electrons. The molecule has 0 saturated heterocycles. The van der Waals surface area contributed by atoms with E-state index in [0.29, 0.717) is 10.0 Å². The fourth-order valence-electron chi connectivity index (χ4n) is 1.89. The first-order valence-electron chi connectivity index (χ1n) is 5.46. The molecular formula is C15H8Cl2N. The molecule has 0 spiro atoms. The van der Waals surface area contributed by atoms with Crippen molar-refractivity contribution < 1.29 is 0 Å². The van der Waals surface area contributed by atoms with E-state index in [1.165, 1.54) is 0 Å². The van der Waals surface area contributed by atoms with Crippen molar-refractivity contribution in [3.05, 3.63) is 64.8 Å². The van der Waals surface area contributed by atoms with E-state index >= 15 is 0 Å². The van der Waals surface area contributed by atoms with Crippen molar-refractivity contribution in [2.24, 2.45) is 0 Å². The van der Waals surface area contributed by atoms with Crippen molar-refractivity contribution in [1.29, 1.82) is 0 Å². The Morgan fingerprint density at radius 2 is 1.89 bits per heavy atom. The van der Waals surface area contributed by atoms with Gasteiger partial charge in [-0.2, -0.15) is 0 Å². The topological polar surface area (TPSA) is 12.9 Å². The predicted octanol–water partition coefficient (Wildman–Crippen LogP) is 5.01. The Bertz CT molecular complexity index is 723. The highest BCUT2D eigenvalue weighted by Crippen LogP contribution is 2.33. The third kappa shape index (κ3) is 1.96. The maximum Gasteiger partial charge on any atom is 0.0702 e. The summed E-state index contributed by atoms with van der Waals surface area (Å²) in [5.41, 5.74) is 2.79. The standard InChI is InChI=1S/C15H8Cl2N/c16-13-6-3-5-12(15(13)17)11-8-10-4-1-2-7-14(10)18-9-11/h1-5,7-9H. The molecule has 0 unspecified atom stereocenters. The Hall–Kier alpha value is -1.57. The molecule has 0 aliphatic carbocycles. The Kier molecular flexibility index (Phi) is 2.94. The summed E-state index contributed by atoms with van der Waals surface area (Å²) < 4.78 is 0. The largest absolute Gasteiger partial charge is 0.256 e. The molecule has 1 radical (unpaired) electrons. The number of benzene rings is 2. The van der Waals surface area contributed by atoms with Crippen LogP contribution in [0.3, 0.4) is 0 Å². The van der Waals surface area contributed by atoms with Crippen molar-refractivity contribution in [2.45, 2.75) is 0 Å². The van der Waals surface area contributed by atoms with Crippen LogP contribution >= 0.6 is 23.2 Å². The van der Waals surface area contributed by atoms with Crippen LogP contribution in [0, 0.1) is 6.07 Å². The van der Waals surface area contributed by atoms with Crippen molar-refractivity contribution in [3.8, 4) is 11.1 Å². The van der Waals surface area contributed by atoms with E-state index in [1.54, 1.807) is 12.3 Å². The number of hydrogen-bond acceptors (Lipinski definition) is 1. The van der Waals surface area contributed by atoms with Gasteiger partial charge in [0.05, 0.1) is 15.6 Å². The summed E-state index contributed by atoms with van der Waals surface area (Å²) in [6.07, 6.45) is 1.81. The highest BCUT2D eigenvalue weighted by Gasteiger charge is 2.07. The van der Waals surface area contributed by atoms with Crippen LogP contribution in [0.5, 0.6) is 0 Å². The molecule has 2 aromatic carbocycles. The molecule has 0 amide bonds. The zero-order chi connectivity index (χ0) is 12.5. The van der Waals surface area contributed by atoms with E-state index in [9.17, 15) is 0 Å². The molecule has 0 atom stereocenters. The van der Waals surface area contributed by atoms with E-state index < -0.39 is 0 Å². The highest BCUT2D eigenvalue weighted by molar-refractivity contribution is 6.43. The molecule has 1 aromatic heterocycles. The summed E-state index contributed by atoms with van der Waals surface area (Å²) >= 11 is 12.2. The van der Waals surface area contributed by atoms with Gasteiger partial charge >= 0.3 is 0 Å². The van der Waals surface area contributed by atoms with Gasteiger partial charge in [0.15, 0.2) is 0 Å². The number of halogens is 2. The van der Waals surface area contributed by atoms with E-state index in [2.05, 4.69) is 17.1 Å². The number of hydrogen-bond donors (Lipinski definition) is 0. The van der Waals surface area contributed by atoms with Gasteiger partial charge in [-0.1, -0.05) is 53.5 Å². The number of aromatic nitrogens is 1. The van der Waals surface area contributed by atoms with E-state index in [-0.39, 0.29) is 0 Å². The quantitative estimate of drug-likeness (QED) is 0.607. The Morgan fingerprint density at radius 3 is 2.78 bits per heavy atom. The normalized spacial score (nSPS) is 10.8. The third-order valence-corrected chi connectivity index (χ3v) is 3.58. The van der Waals surface area contributed by atoms with Crippen LogP contribution in [0.2, 0.25) is 10.0 Å². The minimum absolute atomic E-state index is 0.433. The molecule has 18 heavy (non-hydrogen) atoms.